The summed E-state index contributed by atoms with van der Waals surface area (Å²) in [5.41, 5.74) is 0.701. The van der Waals surface area contributed by atoms with Gasteiger partial charge in [0, 0.05) is 12.1 Å². The molecule has 4 rings (SSSR count). The maximum Gasteiger partial charge on any atom is 0.316 e. The van der Waals surface area contributed by atoms with Gasteiger partial charge in [-0.15, -0.1) is 0 Å². The number of carbonyl (C=O) groups excluding carboxylic acids is 1. The number of benzene rings is 2. The molecule has 1 amide bonds. The lowest BCUT2D eigenvalue weighted by molar-refractivity contribution is 0.0516. The van der Waals surface area contributed by atoms with Gasteiger partial charge >= 0.3 is 6.01 Å². The quantitative estimate of drug-likeness (QED) is 0.703. The highest BCUT2D eigenvalue weighted by atomic mass is 35.5. The number of fused-ring (bicyclic) bond motifs is 1. The van der Waals surface area contributed by atoms with E-state index in [0.29, 0.717) is 23.1 Å². The SMILES string of the molecule is O=C(c1ccc2ccccc2c1)N1CCCC(Oc2ncc(Cl)cn2)C1. The van der Waals surface area contributed by atoms with E-state index < -0.39 is 0 Å². The van der Waals surface area contributed by atoms with Crippen LogP contribution in [0.1, 0.15) is 23.2 Å². The molecule has 0 bridgehead atoms. The highest BCUT2D eigenvalue weighted by Crippen LogP contribution is 2.21. The fourth-order valence-electron chi connectivity index (χ4n) is 3.23. The minimum atomic E-state index is -0.116. The second-order valence-corrected chi connectivity index (χ2v) is 6.82. The van der Waals surface area contributed by atoms with Gasteiger partial charge in [-0.25, -0.2) is 9.97 Å². The van der Waals surface area contributed by atoms with E-state index >= 15 is 0 Å². The number of hydrogen-bond acceptors (Lipinski definition) is 4. The minimum absolute atomic E-state index is 0.0288. The van der Waals surface area contributed by atoms with E-state index in [1.165, 1.54) is 12.4 Å². The number of halogens is 1. The zero-order valence-corrected chi connectivity index (χ0v) is 14.9. The molecule has 3 aromatic rings. The summed E-state index contributed by atoms with van der Waals surface area (Å²) in [6.45, 7) is 1.25. The fraction of sp³-hybridized carbons (Fsp3) is 0.250. The Morgan fingerprint density at radius 1 is 1.12 bits per heavy atom. The summed E-state index contributed by atoms with van der Waals surface area (Å²) >= 11 is 5.79. The minimum Gasteiger partial charge on any atom is -0.458 e. The van der Waals surface area contributed by atoms with Crippen molar-refractivity contribution in [3.8, 4) is 6.01 Å². The molecule has 1 fully saturated rings. The van der Waals surface area contributed by atoms with Gasteiger partial charge in [-0.05, 0) is 35.7 Å². The van der Waals surface area contributed by atoms with Gasteiger partial charge in [0.25, 0.3) is 5.91 Å². The van der Waals surface area contributed by atoms with Crippen molar-refractivity contribution in [2.45, 2.75) is 18.9 Å². The van der Waals surface area contributed by atoms with E-state index in [2.05, 4.69) is 9.97 Å². The van der Waals surface area contributed by atoms with E-state index in [1.54, 1.807) is 0 Å². The number of rotatable bonds is 3. The summed E-state index contributed by atoms with van der Waals surface area (Å²) in [7, 11) is 0. The van der Waals surface area contributed by atoms with E-state index in [0.717, 1.165) is 30.2 Å². The van der Waals surface area contributed by atoms with Gasteiger partial charge < -0.3 is 9.64 Å². The first-order chi connectivity index (χ1) is 12.7. The summed E-state index contributed by atoms with van der Waals surface area (Å²) < 4.78 is 5.82. The third kappa shape index (κ3) is 3.63. The second kappa shape index (κ2) is 7.30. The average molecular weight is 368 g/mol. The number of nitrogens with zero attached hydrogens (tertiary/aromatic N) is 3. The number of likely N-dealkylation sites (tertiary alicyclic amines) is 1. The predicted octanol–water partition coefficient (Wildman–Crippen LogP) is 3.97. The first kappa shape index (κ1) is 16.8. The third-order valence-electron chi connectivity index (χ3n) is 4.53. The number of carbonyl (C=O) groups is 1. The van der Waals surface area contributed by atoms with Gasteiger partial charge in [-0.2, -0.15) is 0 Å². The number of ether oxygens (including phenoxy) is 1. The van der Waals surface area contributed by atoms with Crippen molar-refractivity contribution in [2.75, 3.05) is 13.1 Å². The third-order valence-corrected chi connectivity index (χ3v) is 4.73. The van der Waals surface area contributed by atoms with Crippen LogP contribution in [-0.4, -0.2) is 40.0 Å². The van der Waals surface area contributed by atoms with Gasteiger partial charge in [0.05, 0.1) is 24.0 Å². The summed E-state index contributed by atoms with van der Waals surface area (Å²) in [5.74, 6) is 0.0288. The summed E-state index contributed by atoms with van der Waals surface area (Å²) in [6, 6.07) is 14.2. The van der Waals surface area contributed by atoms with Crippen LogP contribution in [-0.2, 0) is 0 Å². The monoisotopic (exact) mass is 367 g/mol. The predicted molar refractivity (Wildman–Crippen MR) is 101 cm³/mol. The van der Waals surface area contributed by atoms with Crippen LogP contribution >= 0.6 is 11.6 Å². The topological polar surface area (TPSA) is 55.3 Å². The molecule has 0 radical (unpaired) electrons. The molecule has 26 heavy (non-hydrogen) atoms. The highest BCUT2D eigenvalue weighted by Gasteiger charge is 2.26. The van der Waals surface area contributed by atoms with Crippen molar-refractivity contribution in [2.24, 2.45) is 0 Å². The van der Waals surface area contributed by atoms with Crippen molar-refractivity contribution >= 4 is 28.3 Å². The Hall–Kier alpha value is -2.66. The maximum atomic E-state index is 12.9. The molecule has 1 aromatic heterocycles. The molecule has 1 atom stereocenters. The summed E-state index contributed by atoms with van der Waals surface area (Å²) in [4.78, 5) is 22.9. The van der Waals surface area contributed by atoms with Crippen LogP contribution in [0.5, 0.6) is 6.01 Å². The van der Waals surface area contributed by atoms with Gasteiger partial charge in [-0.1, -0.05) is 41.9 Å². The molecule has 0 aliphatic carbocycles. The van der Waals surface area contributed by atoms with E-state index in [4.69, 9.17) is 16.3 Å². The van der Waals surface area contributed by atoms with Crippen molar-refractivity contribution in [3.63, 3.8) is 0 Å². The summed E-state index contributed by atoms with van der Waals surface area (Å²) in [6.07, 6.45) is 4.65. The van der Waals surface area contributed by atoms with Crippen molar-refractivity contribution in [1.29, 1.82) is 0 Å². The molecule has 5 nitrogen and oxygen atoms in total. The molecule has 1 aliphatic rings. The van der Waals surface area contributed by atoms with E-state index in [1.807, 2.05) is 47.4 Å². The van der Waals surface area contributed by atoms with Crippen LogP contribution in [0.25, 0.3) is 10.8 Å². The van der Waals surface area contributed by atoms with Crippen LogP contribution in [0.2, 0.25) is 5.02 Å². The van der Waals surface area contributed by atoms with Crippen LogP contribution < -0.4 is 4.74 Å². The van der Waals surface area contributed by atoms with Crippen molar-refractivity contribution < 1.29 is 9.53 Å². The Labute approximate surface area is 156 Å². The molecule has 132 valence electrons. The number of aromatic nitrogens is 2. The molecule has 0 spiro atoms. The molecule has 6 heteroatoms. The van der Waals surface area contributed by atoms with Crippen LogP contribution in [0.3, 0.4) is 0 Å². The number of piperidine rings is 1. The van der Waals surface area contributed by atoms with Gasteiger partial charge in [0.2, 0.25) is 0 Å². The number of hydrogen-bond donors (Lipinski definition) is 0. The number of amides is 1. The lowest BCUT2D eigenvalue weighted by atomic mass is 10.0. The molecule has 1 saturated heterocycles. The Morgan fingerprint density at radius 3 is 2.69 bits per heavy atom. The molecular weight excluding hydrogens is 350 g/mol. The van der Waals surface area contributed by atoms with Crippen molar-refractivity contribution in [1.82, 2.24) is 14.9 Å². The Balaban J connectivity index is 1.47. The molecule has 1 aliphatic heterocycles. The highest BCUT2D eigenvalue weighted by molar-refractivity contribution is 6.30. The van der Waals surface area contributed by atoms with Crippen LogP contribution in [0.4, 0.5) is 0 Å². The molecule has 2 heterocycles. The van der Waals surface area contributed by atoms with Gasteiger partial charge in [0.1, 0.15) is 6.10 Å². The zero-order valence-electron chi connectivity index (χ0n) is 14.1. The Bertz CT molecular complexity index is 930. The maximum absolute atomic E-state index is 12.9. The first-order valence-electron chi connectivity index (χ1n) is 8.61. The van der Waals surface area contributed by atoms with Gasteiger partial charge in [0.15, 0.2) is 0 Å². The van der Waals surface area contributed by atoms with E-state index in [-0.39, 0.29) is 12.0 Å². The van der Waals surface area contributed by atoms with Gasteiger partial charge in [-0.3, -0.25) is 4.79 Å². The van der Waals surface area contributed by atoms with Crippen molar-refractivity contribution in [3.05, 3.63) is 65.4 Å². The smallest absolute Gasteiger partial charge is 0.316 e. The Kier molecular flexibility index (Phi) is 4.71. The standard InChI is InChI=1S/C20H18ClN3O2/c21-17-11-22-20(23-12-17)26-18-6-3-9-24(13-18)19(25)16-8-7-14-4-1-2-5-15(14)10-16/h1-2,4-5,7-8,10-12,18H,3,6,9,13H2. The molecule has 2 aromatic carbocycles. The normalized spacial score (nSPS) is 17.3. The molecule has 0 saturated carbocycles. The molecular formula is C20H18ClN3O2. The molecule has 0 N–H and O–H groups in total. The van der Waals surface area contributed by atoms with E-state index in [9.17, 15) is 4.79 Å². The lowest BCUT2D eigenvalue weighted by Crippen LogP contribution is -2.44. The van der Waals surface area contributed by atoms with Crippen LogP contribution in [0.15, 0.2) is 54.9 Å². The molecule has 1 unspecified atom stereocenters. The lowest BCUT2D eigenvalue weighted by Gasteiger charge is -2.32. The zero-order chi connectivity index (χ0) is 17.9. The summed E-state index contributed by atoms with van der Waals surface area (Å²) in [5, 5.41) is 2.66. The largest absolute Gasteiger partial charge is 0.458 e. The fourth-order valence-corrected chi connectivity index (χ4v) is 3.33. The average Bonchev–Trinajstić information content (AvgIpc) is 2.69. The first-order valence-corrected chi connectivity index (χ1v) is 8.99. The Morgan fingerprint density at radius 2 is 1.88 bits per heavy atom. The van der Waals surface area contributed by atoms with Crippen LogP contribution in [0, 0.1) is 0 Å². The second-order valence-electron chi connectivity index (χ2n) is 6.38.